The van der Waals surface area contributed by atoms with Crippen molar-refractivity contribution in [1.29, 1.82) is 21.0 Å². The summed E-state index contributed by atoms with van der Waals surface area (Å²) in [5, 5.41) is 40.5. The molecule has 0 atom stereocenters. The fraction of sp³-hybridized carbons (Fsp3) is 0.0725. The van der Waals surface area contributed by atoms with Gasteiger partial charge in [0.05, 0.1) is 46.5 Å². The molecule has 0 spiro atoms. The lowest BCUT2D eigenvalue weighted by Crippen LogP contribution is -2.43. The third kappa shape index (κ3) is 14.5. The van der Waals surface area contributed by atoms with Gasteiger partial charge < -0.3 is 18.9 Å². The predicted octanol–water partition coefficient (Wildman–Crippen LogP) is 12.2. The van der Waals surface area contributed by atoms with Crippen molar-refractivity contribution in [3.05, 3.63) is 309 Å². The lowest BCUT2D eigenvalue weighted by Gasteiger charge is -2.31. The molecule has 12 heteroatoms. The van der Waals surface area contributed by atoms with E-state index in [1.54, 1.807) is 218 Å². The molecule has 0 bridgehead atoms. The van der Waals surface area contributed by atoms with Crippen LogP contribution < -0.4 is 0 Å². The molecule has 8 aromatic carbocycles. The van der Waals surface area contributed by atoms with Crippen LogP contribution in [0.3, 0.4) is 0 Å². The van der Waals surface area contributed by atoms with Crippen molar-refractivity contribution < 1.29 is 38.1 Å². The van der Waals surface area contributed by atoms with Gasteiger partial charge in [-0.15, -0.1) is 0 Å². The molecule has 0 aliphatic heterocycles. The van der Waals surface area contributed by atoms with Gasteiger partial charge in [-0.05, 0) is 68.8 Å². The molecule has 0 saturated heterocycles. The maximum Gasteiger partial charge on any atom is 0.331 e. The molecule has 0 aromatic heterocycles. The van der Waals surface area contributed by atoms with Gasteiger partial charge in [0.1, 0.15) is 31.8 Å². The molecule has 392 valence electrons. The molecule has 0 fully saturated rings. The van der Waals surface area contributed by atoms with E-state index in [1.165, 1.54) is 24.3 Å². The maximum atomic E-state index is 14.4. The van der Waals surface area contributed by atoms with Crippen LogP contribution in [-0.4, -0.2) is 50.3 Å². The van der Waals surface area contributed by atoms with Crippen LogP contribution in [0.2, 0.25) is 0 Å². The minimum atomic E-state index is -1.89. The number of rotatable bonds is 20. The Morgan fingerprint density at radius 1 is 0.296 bits per heavy atom. The Labute approximate surface area is 468 Å². The summed E-state index contributed by atoms with van der Waals surface area (Å²) in [5.74, 6) is -3.69. The van der Waals surface area contributed by atoms with Crippen LogP contribution in [0.25, 0.3) is 22.3 Å². The summed E-state index contributed by atoms with van der Waals surface area (Å²) < 4.78 is 24.3. The molecule has 0 amide bonds. The number of hydrogen-bond donors (Lipinski definition) is 0. The monoisotopic (exact) mass is 1060 g/mol. The fourth-order valence-corrected chi connectivity index (χ4v) is 8.78. The maximum absolute atomic E-state index is 14.4. The molecule has 12 nitrogen and oxygen atoms in total. The zero-order valence-electron chi connectivity index (χ0n) is 43.5. The van der Waals surface area contributed by atoms with E-state index in [0.717, 1.165) is 0 Å². The van der Waals surface area contributed by atoms with Crippen molar-refractivity contribution in [2.24, 2.45) is 5.41 Å². The second kappa shape index (κ2) is 27.6. The quantitative estimate of drug-likeness (QED) is 0.0398. The molecule has 0 aliphatic carbocycles. The van der Waals surface area contributed by atoms with Crippen molar-refractivity contribution in [3.8, 4) is 24.3 Å². The van der Waals surface area contributed by atoms with E-state index in [-0.39, 0.29) is 22.3 Å². The first-order valence-corrected chi connectivity index (χ1v) is 25.4. The highest BCUT2D eigenvalue weighted by Gasteiger charge is 2.38. The molecule has 0 radical (unpaired) electrons. The van der Waals surface area contributed by atoms with Crippen LogP contribution >= 0.6 is 0 Å². The van der Waals surface area contributed by atoms with Gasteiger partial charge in [0.15, 0.2) is 0 Å². The molecule has 0 unspecified atom stereocenters. The summed E-state index contributed by atoms with van der Waals surface area (Å²) in [5.41, 5.74) is 4.66. The van der Waals surface area contributed by atoms with E-state index in [4.69, 9.17) is 18.9 Å². The average Bonchev–Trinajstić information content (AvgIpc) is 3.53. The number of benzene rings is 8. The normalized spacial score (nSPS) is 12.2. The first-order valence-electron chi connectivity index (χ1n) is 25.4. The Morgan fingerprint density at radius 3 is 0.679 bits per heavy atom. The third-order valence-corrected chi connectivity index (χ3v) is 12.8. The Morgan fingerprint density at radius 2 is 0.481 bits per heavy atom. The standard InChI is InChI=1S/C69H48N4O8/c70-41-53-29-13-17-33-57(53)61(49-21-5-1-6-22-49)37-65(74)78-45-69(46-79-66(75)38-62(50-23-7-2-8-24-50)58-34-18-14-30-54(58)42-71,47-80-67(76)39-63(51-25-9-3-10-26-51)59-35-19-15-31-55(59)43-72)48-81-68(77)40-64(52-27-11-4-12-28-52)60-36-20-16-32-56(60)44-73/h1-40H,45-48H2. The van der Waals surface area contributed by atoms with Gasteiger partial charge in [0.25, 0.3) is 0 Å². The van der Waals surface area contributed by atoms with Crippen LogP contribution in [0.4, 0.5) is 0 Å². The molecule has 81 heavy (non-hydrogen) atoms. The first-order chi connectivity index (χ1) is 39.6. The Bertz CT molecular complexity index is 3380. The minimum absolute atomic E-state index is 0.279. The van der Waals surface area contributed by atoms with Crippen molar-refractivity contribution in [1.82, 2.24) is 0 Å². The van der Waals surface area contributed by atoms with E-state index in [0.29, 0.717) is 66.8 Å². The highest BCUT2D eigenvalue weighted by Crippen LogP contribution is 2.32. The van der Waals surface area contributed by atoms with E-state index in [2.05, 4.69) is 24.3 Å². The summed E-state index contributed by atoms with van der Waals surface area (Å²) >= 11 is 0. The van der Waals surface area contributed by atoms with Crippen molar-refractivity contribution in [2.45, 2.75) is 0 Å². The van der Waals surface area contributed by atoms with Crippen LogP contribution in [0.1, 0.15) is 66.8 Å². The van der Waals surface area contributed by atoms with Gasteiger partial charge in [-0.3, -0.25) is 0 Å². The topological polar surface area (TPSA) is 200 Å². The van der Waals surface area contributed by atoms with E-state index < -0.39 is 55.7 Å². The van der Waals surface area contributed by atoms with E-state index in [1.807, 2.05) is 0 Å². The second-order valence-electron chi connectivity index (χ2n) is 18.3. The van der Waals surface area contributed by atoms with E-state index >= 15 is 0 Å². The summed E-state index contributed by atoms with van der Waals surface area (Å²) in [4.78, 5) is 57.6. The molecule has 0 heterocycles. The zero-order chi connectivity index (χ0) is 56.8. The summed E-state index contributed by atoms with van der Waals surface area (Å²) in [6.07, 6.45) is 4.85. The summed E-state index contributed by atoms with van der Waals surface area (Å²) in [7, 11) is 0. The zero-order valence-corrected chi connectivity index (χ0v) is 43.5. The highest BCUT2D eigenvalue weighted by atomic mass is 16.6. The fourth-order valence-electron chi connectivity index (χ4n) is 8.78. The largest absolute Gasteiger partial charge is 0.462 e. The van der Waals surface area contributed by atoms with Gasteiger partial charge in [0, 0.05) is 46.6 Å². The van der Waals surface area contributed by atoms with Crippen LogP contribution in [0.15, 0.2) is 243 Å². The van der Waals surface area contributed by atoms with Gasteiger partial charge in [-0.25, -0.2) is 19.2 Å². The van der Waals surface area contributed by atoms with Crippen molar-refractivity contribution >= 4 is 46.2 Å². The molecule has 8 aromatic rings. The minimum Gasteiger partial charge on any atom is -0.462 e. The highest BCUT2D eigenvalue weighted by molar-refractivity contribution is 6.00. The smallest absolute Gasteiger partial charge is 0.331 e. The van der Waals surface area contributed by atoms with Crippen LogP contribution in [0.5, 0.6) is 0 Å². The predicted molar refractivity (Wildman–Crippen MR) is 305 cm³/mol. The number of esters is 4. The third-order valence-electron chi connectivity index (χ3n) is 12.8. The lowest BCUT2D eigenvalue weighted by molar-refractivity contribution is -0.164. The Balaban J connectivity index is 1.24. The second-order valence-corrected chi connectivity index (χ2v) is 18.3. The number of nitriles is 4. The van der Waals surface area contributed by atoms with Gasteiger partial charge >= 0.3 is 23.9 Å². The van der Waals surface area contributed by atoms with E-state index in [9.17, 15) is 40.2 Å². The lowest BCUT2D eigenvalue weighted by atomic mass is 9.91. The van der Waals surface area contributed by atoms with Crippen molar-refractivity contribution in [2.75, 3.05) is 26.4 Å². The molecule has 0 N–H and O–H groups in total. The number of nitrogens with zero attached hydrogens (tertiary/aromatic N) is 4. The van der Waals surface area contributed by atoms with Gasteiger partial charge in [-0.2, -0.15) is 21.0 Å². The molecule has 0 saturated carbocycles. The molecule has 8 rings (SSSR count). The number of hydrogen-bond acceptors (Lipinski definition) is 12. The summed E-state index contributed by atoms with van der Waals surface area (Å²) in [6, 6.07) is 71.1. The number of carbonyl (C=O) groups is 4. The van der Waals surface area contributed by atoms with Crippen LogP contribution in [-0.2, 0) is 38.1 Å². The number of carbonyl (C=O) groups excluding carboxylic acids is 4. The first kappa shape index (κ1) is 55.8. The van der Waals surface area contributed by atoms with Gasteiger partial charge in [0.2, 0.25) is 0 Å². The number of ether oxygens (including phenoxy) is 4. The summed E-state index contributed by atoms with van der Waals surface area (Å²) in [6.45, 7) is -2.82. The Hall–Kier alpha value is -11.4. The molecular formula is C69H48N4O8. The molecule has 0 aliphatic rings. The van der Waals surface area contributed by atoms with Gasteiger partial charge in [-0.1, -0.05) is 194 Å². The van der Waals surface area contributed by atoms with Crippen LogP contribution in [0, 0.1) is 50.7 Å². The average molecular weight is 1060 g/mol. The van der Waals surface area contributed by atoms with Crippen molar-refractivity contribution in [3.63, 3.8) is 0 Å². The molecular weight excluding hydrogens is 1010 g/mol. The Kier molecular flexibility index (Phi) is 19.0. The SMILES string of the molecule is N#Cc1ccccc1C(=CC(=O)OCC(COC(=O)C=C(c1ccccc1)c1ccccc1C#N)(COC(=O)C=C(c1ccccc1)c1ccccc1C#N)COC(=O)C=C(c1ccccc1)c1ccccc1C#N)c1ccccc1.